The summed E-state index contributed by atoms with van der Waals surface area (Å²) in [5.41, 5.74) is 0.633. The van der Waals surface area contributed by atoms with Gasteiger partial charge < -0.3 is 15.6 Å². The van der Waals surface area contributed by atoms with Crippen LogP contribution < -0.4 is 10.6 Å². The molecule has 0 spiro atoms. The summed E-state index contributed by atoms with van der Waals surface area (Å²) in [4.78, 5) is 25.9. The highest BCUT2D eigenvalue weighted by molar-refractivity contribution is 5.93. The van der Waals surface area contributed by atoms with Crippen molar-refractivity contribution in [3.63, 3.8) is 0 Å². The first kappa shape index (κ1) is 12.7. The Kier molecular flexibility index (Phi) is 4.39. The van der Waals surface area contributed by atoms with Crippen LogP contribution in [0.15, 0.2) is 18.5 Å². The van der Waals surface area contributed by atoms with E-state index in [9.17, 15) is 9.59 Å². The van der Waals surface area contributed by atoms with Gasteiger partial charge in [0.1, 0.15) is 0 Å². The molecule has 1 aliphatic carbocycles. The Balaban J connectivity index is 1.53. The molecular formula is C13H19N3O2. The Morgan fingerprint density at radius 1 is 1.28 bits per heavy atom. The molecule has 0 atom stereocenters. The second-order valence-electron chi connectivity index (χ2n) is 4.63. The molecule has 0 aliphatic heterocycles. The standard InChI is InChI=1S/C13H19N3O2/c17-12(10-3-1-4-10)15-6-2-7-16-13(18)11-5-8-14-9-11/h5,8-10,14H,1-4,6-7H2,(H,15,17)(H,16,18). The first-order valence-electron chi connectivity index (χ1n) is 6.46. The second-order valence-corrected chi connectivity index (χ2v) is 4.63. The average Bonchev–Trinajstić information content (AvgIpc) is 2.79. The molecule has 3 N–H and O–H groups in total. The van der Waals surface area contributed by atoms with Crippen molar-refractivity contribution >= 4 is 11.8 Å². The predicted molar refractivity (Wildman–Crippen MR) is 68.1 cm³/mol. The van der Waals surface area contributed by atoms with Gasteiger partial charge in [0, 0.05) is 31.4 Å². The van der Waals surface area contributed by atoms with Crippen molar-refractivity contribution in [1.29, 1.82) is 0 Å². The van der Waals surface area contributed by atoms with Crippen molar-refractivity contribution in [3.05, 3.63) is 24.0 Å². The molecule has 0 saturated heterocycles. The monoisotopic (exact) mass is 249 g/mol. The van der Waals surface area contributed by atoms with Crippen LogP contribution in [0.5, 0.6) is 0 Å². The fourth-order valence-electron chi connectivity index (χ4n) is 1.88. The maximum Gasteiger partial charge on any atom is 0.252 e. The molecule has 98 valence electrons. The molecule has 1 heterocycles. The van der Waals surface area contributed by atoms with Crippen LogP contribution in [0.25, 0.3) is 0 Å². The van der Waals surface area contributed by atoms with Crippen molar-refractivity contribution < 1.29 is 9.59 Å². The van der Waals surface area contributed by atoms with E-state index in [0.29, 0.717) is 18.7 Å². The predicted octanol–water partition coefficient (Wildman–Crippen LogP) is 1.05. The quantitative estimate of drug-likeness (QED) is 0.659. The van der Waals surface area contributed by atoms with Crippen LogP contribution >= 0.6 is 0 Å². The van der Waals surface area contributed by atoms with E-state index in [4.69, 9.17) is 0 Å². The first-order chi connectivity index (χ1) is 8.77. The molecule has 0 unspecified atom stereocenters. The van der Waals surface area contributed by atoms with E-state index in [1.165, 1.54) is 6.42 Å². The van der Waals surface area contributed by atoms with Crippen LogP contribution in [0.2, 0.25) is 0 Å². The topological polar surface area (TPSA) is 74.0 Å². The number of aromatic amines is 1. The van der Waals surface area contributed by atoms with Crippen LogP contribution in [0.4, 0.5) is 0 Å². The Bertz CT molecular complexity index is 396. The fourth-order valence-corrected chi connectivity index (χ4v) is 1.88. The van der Waals surface area contributed by atoms with Gasteiger partial charge in [-0.25, -0.2) is 0 Å². The summed E-state index contributed by atoms with van der Waals surface area (Å²) in [6, 6.07) is 1.73. The maximum atomic E-state index is 11.5. The van der Waals surface area contributed by atoms with Gasteiger partial charge in [-0.2, -0.15) is 0 Å². The zero-order valence-electron chi connectivity index (χ0n) is 10.4. The van der Waals surface area contributed by atoms with Crippen LogP contribution in [-0.4, -0.2) is 29.9 Å². The van der Waals surface area contributed by atoms with Crippen molar-refractivity contribution in [2.75, 3.05) is 13.1 Å². The van der Waals surface area contributed by atoms with Crippen molar-refractivity contribution in [2.24, 2.45) is 5.92 Å². The Hall–Kier alpha value is -1.78. The molecule has 1 fully saturated rings. The fraction of sp³-hybridized carbons (Fsp3) is 0.538. The van der Waals surface area contributed by atoms with E-state index in [1.807, 2.05) is 0 Å². The third-order valence-corrected chi connectivity index (χ3v) is 3.27. The highest BCUT2D eigenvalue weighted by Crippen LogP contribution is 2.25. The Morgan fingerprint density at radius 3 is 2.67 bits per heavy atom. The molecule has 1 aromatic heterocycles. The minimum atomic E-state index is -0.0819. The molecule has 2 rings (SSSR count). The van der Waals surface area contributed by atoms with Gasteiger partial charge in [-0.1, -0.05) is 6.42 Å². The molecule has 0 radical (unpaired) electrons. The molecule has 2 amide bonds. The van der Waals surface area contributed by atoms with E-state index >= 15 is 0 Å². The van der Waals surface area contributed by atoms with E-state index in [0.717, 1.165) is 19.3 Å². The van der Waals surface area contributed by atoms with Gasteiger partial charge >= 0.3 is 0 Å². The van der Waals surface area contributed by atoms with E-state index in [1.54, 1.807) is 18.5 Å². The lowest BCUT2D eigenvalue weighted by atomic mass is 9.85. The summed E-state index contributed by atoms with van der Waals surface area (Å²) in [6.07, 6.45) is 7.35. The van der Waals surface area contributed by atoms with Crippen LogP contribution in [0.1, 0.15) is 36.0 Å². The van der Waals surface area contributed by atoms with Gasteiger partial charge in [0.05, 0.1) is 5.56 Å². The lowest BCUT2D eigenvalue weighted by Gasteiger charge is -2.23. The van der Waals surface area contributed by atoms with Gasteiger partial charge in [-0.05, 0) is 25.3 Å². The number of carbonyl (C=O) groups excluding carboxylic acids is 2. The molecule has 0 bridgehead atoms. The number of carbonyl (C=O) groups is 2. The van der Waals surface area contributed by atoms with E-state index in [-0.39, 0.29) is 17.7 Å². The average molecular weight is 249 g/mol. The van der Waals surface area contributed by atoms with Crippen molar-refractivity contribution in [1.82, 2.24) is 15.6 Å². The van der Waals surface area contributed by atoms with E-state index < -0.39 is 0 Å². The smallest absolute Gasteiger partial charge is 0.252 e. The molecule has 1 aliphatic rings. The van der Waals surface area contributed by atoms with Crippen molar-refractivity contribution in [3.8, 4) is 0 Å². The lowest BCUT2D eigenvalue weighted by molar-refractivity contribution is -0.127. The summed E-state index contributed by atoms with van der Waals surface area (Å²) in [6.45, 7) is 1.21. The molecule has 1 saturated carbocycles. The third kappa shape index (κ3) is 3.35. The number of nitrogens with one attached hydrogen (secondary N) is 3. The normalized spacial score (nSPS) is 14.9. The summed E-state index contributed by atoms with van der Waals surface area (Å²) in [5.74, 6) is 0.319. The van der Waals surface area contributed by atoms with Crippen LogP contribution in [-0.2, 0) is 4.79 Å². The van der Waals surface area contributed by atoms with Crippen molar-refractivity contribution in [2.45, 2.75) is 25.7 Å². The highest BCUT2D eigenvalue weighted by Gasteiger charge is 2.24. The number of rotatable bonds is 6. The second kappa shape index (κ2) is 6.23. The summed E-state index contributed by atoms with van der Waals surface area (Å²) in [7, 11) is 0. The van der Waals surface area contributed by atoms with Gasteiger partial charge in [0.25, 0.3) is 5.91 Å². The Morgan fingerprint density at radius 2 is 2.06 bits per heavy atom. The van der Waals surface area contributed by atoms with Crippen LogP contribution in [0, 0.1) is 5.92 Å². The molecule has 1 aromatic rings. The molecule has 0 aromatic carbocycles. The number of aromatic nitrogens is 1. The maximum absolute atomic E-state index is 11.5. The molecule has 18 heavy (non-hydrogen) atoms. The summed E-state index contributed by atoms with van der Waals surface area (Å²) < 4.78 is 0. The van der Waals surface area contributed by atoms with Gasteiger partial charge in [0.2, 0.25) is 5.91 Å². The van der Waals surface area contributed by atoms with E-state index in [2.05, 4.69) is 15.6 Å². The number of hydrogen-bond donors (Lipinski definition) is 3. The number of H-pyrrole nitrogens is 1. The van der Waals surface area contributed by atoms with Gasteiger partial charge in [-0.3, -0.25) is 9.59 Å². The Labute approximate surface area is 106 Å². The van der Waals surface area contributed by atoms with Gasteiger partial charge in [0.15, 0.2) is 0 Å². The minimum absolute atomic E-state index is 0.0819. The summed E-state index contributed by atoms with van der Waals surface area (Å²) >= 11 is 0. The molecule has 5 heteroatoms. The SMILES string of the molecule is O=C(NCCCNC(=O)C1CCC1)c1cc[nH]c1. The largest absolute Gasteiger partial charge is 0.367 e. The van der Waals surface area contributed by atoms with Crippen LogP contribution in [0.3, 0.4) is 0 Å². The zero-order valence-corrected chi connectivity index (χ0v) is 10.4. The lowest BCUT2D eigenvalue weighted by Crippen LogP contribution is -2.36. The number of amides is 2. The molecule has 5 nitrogen and oxygen atoms in total. The third-order valence-electron chi connectivity index (χ3n) is 3.27. The first-order valence-corrected chi connectivity index (χ1v) is 6.46. The number of hydrogen-bond acceptors (Lipinski definition) is 2. The minimum Gasteiger partial charge on any atom is -0.367 e. The zero-order chi connectivity index (χ0) is 12.8. The molecular weight excluding hydrogens is 230 g/mol. The highest BCUT2D eigenvalue weighted by atomic mass is 16.2. The summed E-state index contributed by atoms with van der Waals surface area (Å²) in [5, 5.41) is 5.70. The van der Waals surface area contributed by atoms with Gasteiger partial charge in [-0.15, -0.1) is 0 Å².